The fourth-order valence-electron chi connectivity index (χ4n) is 1.44. The predicted octanol–water partition coefficient (Wildman–Crippen LogP) is 0.810. The molecule has 0 aromatic carbocycles. The van der Waals surface area contributed by atoms with Crippen LogP contribution in [-0.2, 0) is 9.53 Å². The number of carbonyl (C=O) groups is 1. The monoisotopic (exact) mass is 169 g/mol. The summed E-state index contributed by atoms with van der Waals surface area (Å²) in [5.41, 5.74) is 0. The first-order chi connectivity index (χ1) is 5.74. The molecule has 1 aliphatic heterocycles. The molecule has 3 nitrogen and oxygen atoms in total. The van der Waals surface area contributed by atoms with Crippen molar-refractivity contribution in [2.24, 2.45) is 0 Å². The minimum atomic E-state index is -0.268. The van der Waals surface area contributed by atoms with Gasteiger partial charge in [0.25, 0.3) is 0 Å². The van der Waals surface area contributed by atoms with Crippen LogP contribution in [0.25, 0.3) is 0 Å². The number of rotatable bonds is 2. The highest BCUT2D eigenvalue weighted by Crippen LogP contribution is 2.15. The van der Waals surface area contributed by atoms with Crippen LogP contribution in [0.5, 0.6) is 0 Å². The molecule has 0 saturated carbocycles. The molecule has 0 unspecified atom stereocenters. The number of methoxy groups -OCH3 is 1. The Balaban J connectivity index is 2.39. The Kier molecular flexibility index (Phi) is 3.29. The summed E-state index contributed by atoms with van der Waals surface area (Å²) < 4.78 is 4.50. The number of carbonyl (C=O) groups excluding carboxylic acids is 1. The van der Waals surface area contributed by atoms with Gasteiger partial charge in [-0.25, -0.2) is 4.79 Å². The van der Waals surface area contributed by atoms with Crippen molar-refractivity contribution in [3.63, 3.8) is 0 Å². The van der Waals surface area contributed by atoms with Crippen molar-refractivity contribution < 1.29 is 9.53 Å². The van der Waals surface area contributed by atoms with E-state index in [0.717, 1.165) is 13.0 Å². The van der Waals surface area contributed by atoms with Gasteiger partial charge in [-0.05, 0) is 26.4 Å². The van der Waals surface area contributed by atoms with E-state index in [-0.39, 0.29) is 5.97 Å². The Labute approximate surface area is 73.0 Å². The number of likely N-dealkylation sites (tertiary alicyclic amines) is 1. The second kappa shape index (κ2) is 4.26. The normalized spacial score (nSPS) is 25.0. The van der Waals surface area contributed by atoms with Crippen LogP contribution in [0.15, 0.2) is 12.2 Å². The molecule has 1 saturated heterocycles. The van der Waals surface area contributed by atoms with E-state index in [4.69, 9.17) is 0 Å². The molecule has 0 spiro atoms. The zero-order valence-electron chi connectivity index (χ0n) is 7.62. The average molecular weight is 169 g/mol. The third-order valence-electron chi connectivity index (χ3n) is 2.23. The van der Waals surface area contributed by atoms with E-state index >= 15 is 0 Å². The van der Waals surface area contributed by atoms with Crippen molar-refractivity contribution in [1.82, 2.24) is 4.90 Å². The molecular formula is C9H15NO2. The summed E-state index contributed by atoms with van der Waals surface area (Å²) >= 11 is 0. The summed E-state index contributed by atoms with van der Waals surface area (Å²) in [6.07, 6.45) is 5.78. The van der Waals surface area contributed by atoms with Crippen LogP contribution in [-0.4, -0.2) is 37.6 Å². The Morgan fingerprint density at radius 3 is 2.92 bits per heavy atom. The Hall–Kier alpha value is -0.830. The van der Waals surface area contributed by atoms with Crippen molar-refractivity contribution in [3.8, 4) is 0 Å². The van der Waals surface area contributed by atoms with Gasteiger partial charge < -0.3 is 4.74 Å². The summed E-state index contributed by atoms with van der Waals surface area (Å²) in [4.78, 5) is 13.0. The lowest BCUT2D eigenvalue weighted by molar-refractivity contribution is -0.134. The molecule has 1 fully saturated rings. The Morgan fingerprint density at radius 1 is 1.67 bits per heavy atom. The Bertz CT molecular complexity index is 189. The van der Waals surface area contributed by atoms with Crippen LogP contribution < -0.4 is 0 Å². The molecule has 12 heavy (non-hydrogen) atoms. The van der Waals surface area contributed by atoms with Gasteiger partial charge in [0.15, 0.2) is 0 Å². The van der Waals surface area contributed by atoms with Crippen LogP contribution in [0.2, 0.25) is 0 Å². The third kappa shape index (κ3) is 2.34. The molecule has 0 N–H and O–H groups in total. The van der Waals surface area contributed by atoms with Crippen LogP contribution >= 0.6 is 0 Å². The van der Waals surface area contributed by atoms with Gasteiger partial charge in [-0.2, -0.15) is 0 Å². The number of likely N-dealkylation sites (N-methyl/N-ethyl adjacent to an activating group) is 1. The number of hydrogen-bond acceptors (Lipinski definition) is 3. The number of ether oxygens (including phenoxy) is 1. The van der Waals surface area contributed by atoms with E-state index in [2.05, 4.69) is 16.7 Å². The van der Waals surface area contributed by atoms with Crippen molar-refractivity contribution in [2.45, 2.75) is 18.9 Å². The van der Waals surface area contributed by atoms with Crippen molar-refractivity contribution in [3.05, 3.63) is 12.2 Å². The van der Waals surface area contributed by atoms with Crippen LogP contribution in [0.4, 0.5) is 0 Å². The molecule has 1 rings (SSSR count). The van der Waals surface area contributed by atoms with Gasteiger partial charge in [0, 0.05) is 12.1 Å². The molecule has 0 bridgehead atoms. The van der Waals surface area contributed by atoms with Crippen molar-refractivity contribution >= 4 is 5.97 Å². The second-order valence-electron chi connectivity index (χ2n) is 3.07. The van der Waals surface area contributed by atoms with Gasteiger partial charge >= 0.3 is 5.97 Å². The van der Waals surface area contributed by atoms with Crippen LogP contribution in [0.3, 0.4) is 0 Å². The highest BCUT2D eigenvalue weighted by atomic mass is 16.5. The smallest absolute Gasteiger partial charge is 0.330 e. The molecule has 0 aromatic rings. The summed E-state index contributed by atoms with van der Waals surface area (Å²) in [7, 11) is 3.46. The van der Waals surface area contributed by atoms with E-state index in [0.29, 0.717) is 6.04 Å². The van der Waals surface area contributed by atoms with E-state index < -0.39 is 0 Å². The number of hydrogen-bond donors (Lipinski definition) is 0. The molecule has 68 valence electrons. The number of esters is 1. The first-order valence-electron chi connectivity index (χ1n) is 4.20. The summed E-state index contributed by atoms with van der Waals surface area (Å²) in [5.74, 6) is -0.268. The predicted molar refractivity (Wildman–Crippen MR) is 46.8 cm³/mol. The van der Waals surface area contributed by atoms with Crippen LogP contribution in [0, 0.1) is 0 Å². The van der Waals surface area contributed by atoms with E-state index in [1.807, 2.05) is 6.08 Å². The molecule has 0 radical (unpaired) electrons. The maximum atomic E-state index is 10.7. The molecule has 1 aliphatic rings. The highest BCUT2D eigenvalue weighted by molar-refractivity contribution is 5.81. The Morgan fingerprint density at radius 2 is 2.42 bits per heavy atom. The molecule has 0 aromatic heterocycles. The largest absolute Gasteiger partial charge is 0.466 e. The SMILES string of the molecule is COC(=O)/C=C/[C@@H]1CCCN1C. The maximum absolute atomic E-state index is 10.7. The quantitative estimate of drug-likeness (QED) is 0.452. The third-order valence-corrected chi connectivity index (χ3v) is 2.23. The minimum Gasteiger partial charge on any atom is -0.466 e. The second-order valence-corrected chi connectivity index (χ2v) is 3.07. The van der Waals surface area contributed by atoms with Crippen molar-refractivity contribution in [1.29, 1.82) is 0 Å². The standard InChI is InChI=1S/C9H15NO2/c1-10-7-3-4-8(10)5-6-9(11)12-2/h5-6,8H,3-4,7H2,1-2H3/b6-5+/t8-/m0/s1. The van der Waals surface area contributed by atoms with Crippen LogP contribution in [0.1, 0.15) is 12.8 Å². The fourth-order valence-corrected chi connectivity index (χ4v) is 1.44. The molecule has 1 heterocycles. The lowest BCUT2D eigenvalue weighted by Crippen LogP contribution is -2.22. The lowest BCUT2D eigenvalue weighted by Gasteiger charge is -2.14. The molecule has 3 heteroatoms. The van der Waals surface area contributed by atoms with Crippen molar-refractivity contribution in [2.75, 3.05) is 20.7 Å². The van der Waals surface area contributed by atoms with E-state index in [1.54, 1.807) is 0 Å². The maximum Gasteiger partial charge on any atom is 0.330 e. The summed E-state index contributed by atoms with van der Waals surface area (Å²) in [6.45, 7) is 1.12. The lowest BCUT2D eigenvalue weighted by atomic mass is 10.2. The van der Waals surface area contributed by atoms with Gasteiger partial charge in [0.1, 0.15) is 0 Å². The first kappa shape index (κ1) is 9.26. The zero-order valence-corrected chi connectivity index (χ0v) is 7.62. The highest BCUT2D eigenvalue weighted by Gasteiger charge is 2.17. The topological polar surface area (TPSA) is 29.5 Å². The number of nitrogens with zero attached hydrogens (tertiary/aromatic N) is 1. The average Bonchev–Trinajstić information content (AvgIpc) is 2.47. The first-order valence-corrected chi connectivity index (χ1v) is 4.20. The van der Waals surface area contributed by atoms with Gasteiger partial charge in [-0.1, -0.05) is 6.08 Å². The van der Waals surface area contributed by atoms with Gasteiger partial charge in [0.2, 0.25) is 0 Å². The van der Waals surface area contributed by atoms with Gasteiger partial charge in [-0.15, -0.1) is 0 Å². The summed E-state index contributed by atoms with van der Waals surface area (Å²) in [5, 5.41) is 0. The van der Waals surface area contributed by atoms with Gasteiger partial charge in [-0.3, -0.25) is 4.90 Å². The van der Waals surface area contributed by atoms with Gasteiger partial charge in [0.05, 0.1) is 7.11 Å². The van der Waals surface area contributed by atoms with E-state index in [1.165, 1.54) is 19.6 Å². The fraction of sp³-hybridized carbons (Fsp3) is 0.667. The molecule has 1 atom stereocenters. The molecule has 0 amide bonds. The van der Waals surface area contributed by atoms with E-state index in [9.17, 15) is 4.79 Å². The summed E-state index contributed by atoms with van der Waals surface area (Å²) in [6, 6.07) is 0.420. The zero-order chi connectivity index (χ0) is 8.97. The molecular weight excluding hydrogens is 154 g/mol. The molecule has 0 aliphatic carbocycles. The minimum absolute atomic E-state index is 0.268.